The number of hydrogen-bond donors (Lipinski definition) is 1. The van der Waals surface area contributed by atoms with Gasteiger partial charge in [0.15, 0.2) is 0 Å². The fourth-order valence-electron chi connectivity index (χ4n) is 1.69. The van der Waals surface area contributed by atoms with E-state index in [-0.39, 0.29) is 12.1 Å². The van der Waals surface area contributed by atoms with Crippen molar-refractivity contribution in [3.8, 4) is 5.75 Å². The van der Waals surface area contributed by atoms with Crippen LogP contribution in [0.25, 0.3) is 0 Å². The van der Waals surface area contributed by atoms with E-state index in [2.05, 4.69) is 20.3 Å². The van der Waals surface area contributed by atoms with E-state index in [4.69, 9.17) is 0 Å². The molecule has 5 nitrogen and oxygen atoms in total. The van der Waals surface area contributed by atoms with E-state index in [0.717, 1.165) is 11.1 Å². The number of amides is 1. The second-order valence-corrected chi connectivity index (χ2v) is 5.73. The summed E-state index contributed by atoms with van der Waals surface area (Å²) in [4.78, 5) is 12.1. The predicted octanol–water partition coefficient (Wildman–Crippen LogP) is 3.27. The van der Waals surface area contributed by atoms with Crippen LogP contribution in [0.3, 0.4) is 0 Å². The van der Waals surface area contributed by atoms with E-state index in [1.807, 2.05) is 6.92 Å². The number of nitrogens with zero attached hydrogens (tertiary/aromatic N) is 2. The molecular weight excluding hydrogens is 350 g/mol. The molecule has 1 amide bonds. The van der Waals surface area contributed by atoms with Gasteiger partial charge in [-0.25, -0.2) is 0 Å². The summed E-state index contributed by atoms with van der Waals surface area (Å²) in [6.07, 6.45) is -8.00. The van der Waals surface area contributed by atoms with Crippen molar-refractivity contribution in [2.75, 3.05) is 0 Å². The van der Waals surface area contributed by atoms with Crippen molar-refractivity contribution in [1.29, 1.82) is 0 Å². The number of halogens is 4. The summed E-state index contributed by atoms with van der Waals surface area (Å²) in [7, 11) is 0. The number of carbonyl (C=O) groups is 1. The standard InChI is InChI=1S/C14H13F4N3O2S/c1-2-10-20-21-11(24-10)7-19-12(22)8-5-3-4-6-9(8)23-14(17,18)13(15)16/h3-6,13H,2,7H2,1H3,(H,19,22). The van der Waals surface area contributed by atoms with Crippen LogP contribution < -0.4 is 10.1 Å². The number of benzene rings is 1. The third kappa shape index (κ3) is 4.40. The van der Waals surface area contributed by atoms with Gasteiger partial charge in [0, 0.05) is 0 Å². The molecule has 2 rings (SSSR count). The van der Waals surface area contributed by atoms with E-state index < -0.39 is 24.2 Å². The molecule has 10 heteroatoms. The van der Waals surface area contributed by atoms with Crippen molar-refractivity contribution in [1.82, 2.24) is 15.5 Å². The number of aryl methyl sites for hydroxylation is 1. The van der Waals surface area contributed by atoms with E-state index in [1.54, 1.807) is 0 Å². The van der Waals surface area contributed by atoms with Gasteiger partial charge in [0.25, 0.3) is 5.91 Å². The molecule has 24 heavy (non-hydrogen) atoms. The summed E-state index contributed by atoms with van der Waals surface area (Å²) in [6, 6.07) is 4.92. The molecule has 0 aliphatic heterocycles. The number of aromatic nitrogens is 2. The first kappa shape index (κ1) is 18.1. The Morgan fingerprint density at radius 3 is 2.58 bits per heavy atom. The number of para-hydroxylation sites is 1. The molecule has 1 aromatic heterocycles. The van der Waals surface area contributed by atoms with Crippen LogP contribution in [0.2, 0.25) is 0 Å². The molecule has 1 heterocycles. The lowest BCUT2D eigenvalue weighted by Gasteiger charge is -2.18. The van der Waals surface area contributed by atoms with Gasteiger partial charge in [-0.3, -0.25) is 4.79 Å². The number of carbonyl (C=O) groups excluding carboxylic acids is 1. The molecule has 0 fully saturated rings. The van der Waals surface area contributed by atoms with E-state index in [1.165, 1.54) is 29.5 Å². The van der Waals surface area contributed by atoms with Gasteiger partial charge in [0.05, 0.1) is 12.1 Å². The van der Waals surface area contributed by atoms with Gasteiger partial charge in [-0.2, -0.15) is 17.6 Å². The van der Waals surface area contributed by atoms with Crippen molar-refractivity contribution in [3.05, 3.63) is 39.8 Å². The molecule has 0 aliphatic carbocycles. The largest absolute Gasteiger partial charge is 0.461 e. The van der Waals surface area contributed by atoms with E-state index >= 15 is 0 Å². The van der Waals surface area contributed by atoms with Gasteiger partial charge < -0.3 is 10.1 Å². The zero-order valence-corrected chi connectivity index (χ0v) is 13.2. The third-order valence-electron chi connectivity index (χ3n) is 2.84. The van der Waals surface area contributed by atoms with Gasteiger partial charge in [-0.1, -0.05) is 30.4 Å². The van der Waals surface area contributed by atoms with Crippen LogP contribution >= 0.6 is 11.3 Å². The molecule has 0 aliphatic rings. The van der Waals surface area contributed by atoms with Crippen LogP contribution in [0.15, 0.2) is 24.3 Å². The molecule has 0 radical (unpaired) electrons. The molecule has 1 aromatic carbocycles. The van der Waals surface area contributed by atoms with Crippen molar-refractivity contribution >= 4 is 17.2 Å². The van der Waals surface area contributed by atoms with E-state index in [9.17, 15) is 22.4 Å². The zero-order valence-electron chi connectivity index (χ0n) is 12.4. The Balaban J connectivity index is 2.09. The molecule has 0 unspecified atom stereocenters. The molecule has 0 bridgehead atoms. The van der Waals surface area contributed by atoms with Gasteiger partial charge in [-0.15, -0.1) is 10.2 Å². The normalized spacial score (nSPS) is 11.6. The van der Waals surface area contributed by atoms with Crippen LogP contribution in [0.1, 0.15) is 27.3 Å². The highest BCUT2D eigenvalue weighted by atomic mass is 32.1. The summed E-state index contributed by atoms with van der Waals surface area (Å²) in [6.45, 7) is 1.94. The summed E-state index contributed by atoms with van der Waals surface area (Å²) in [5, 5.41) is 11.5. The van der Waals surface area contributed by atoms with Crippen LogP contribution in [-0.2, 0) is 13.0 Å². The highest BCUT2D eigenvalue weighted by Gasteiger charge is 2.44. The first-order valence-electron chi connectivity index (χ1n) is 6.87. The fraction of sp³-hybridized carbons (Fsp3) is 0.357. The maximum Gasteiger partial charge on any atom is 0.461 e. The van der Waals surface area contributed by atoms with Crippen LogP contribution in [0.4, 0.5) is 17.6 Å². The summed E-state index contributed by atoms with van der Waals surface area (Å²) in [5.41, 5.74) is -0.280. The number of nitrogens with one attached hydrogen (secondary N) is 1. The van der Waals surface area contributed by atoms with Crippen molar-refractivity contribution < 1.29 is 27.1 Å². The molecular formula is C14H13F4N3O2S. The SMILES string of the molecule is CCc1nnc(CNC(=O)c2ccccc2OC(F)(F)C(F)F)s1. The van der Waals surface area contributed by atoms with Gasteiger partial charge in [0.1, 0.15) is 15.8 Å². The van der Waals surface area contributed by atoms with Crippen molar-refractivity contribution in [2.45, 2.75) is 32.4 Å². The minimum atomic E-state index is -4.69. The molecule has 0 atom stereocenters. The number of ether oxygens (including phenoxy) is 1. The third-order valence-corrected chi connectivity index (χ3v) is 3.91. The molecule has 130 valence electrons. The Hall–Kier alpha value is -2.23. The molecule has 0 spiro atoms. The second kappa shape index (κ2) is 7.56. The zero-order chi connectivity index (χ0) is 17.7. The Morgan fingerprint density at radius 1 is 1.29 bits per heavy atom. The second-order valence-electron chi connectivity index (χ2n) is 4.59. The highest BCUT2D eigenvalue weighted by Crippen LogP contribution is 2.29. The Morgan fingerprint density at radius 2 is 1.96 bits per heavy atom. The Labute approximate surface area is 138 Å². The van der Waals surface area contributed by atoms with Crippen molar-refractivity contribution in [2.24, 2.45) is 0 Å². The smallest absolute Gasteiger partial charge is 0.427 e. The summed E-state index contributed by atoms with van der Waals surface area (Å²) >= 11 is 1.30. The monoisotopic (exact) mass is 363 g/mol. The number of alkyl halides is 4. The molecule has 0 saturated carbocycles. The van der Waals surface area contributed by atoms with Gasteiger partial charge >= 0.3 is 12.5 Å². The lowest BCUT2D eigenvalue weighted by molar-refractivity contribution is -0.253. The lowest BCUT2D eigenvalue weighted by Crippen LogP contribution is -2.34. The average Bonchev–Trinajstić information content (AvgIpc) is 3.00. The van der Waals surface area contributed by atoms with Crippen LogP contribution in [0, 0.1) is 0 Å². The first-order chi connectivity index (χ1) is 11.3. The quantitative estimate of drug-likeness (QED) is 0.767. The van der Waals surface area contributed by atoms with Crippen LogP contribution in [-0.4, -0.2) is 28.6 Å². The summed E-state index contributed by atoms with van der Waals surface area (Å²) in [5.74, 6) is -1.38. The topological polar surface area (TPSA) is 64.1 Å². The molecule has 1 N–H and O–H groups in total. The van der Waals surface area contributed by atoms with Crippen LogP contribution in [0.5, 0.6) is 5.75 Å². The summed E-state index contributed by atoms with van der Waals surface area (Å²) < 4.78 is 54.6. The maximum absolute atomic E-state index is 13.0. The van der Waals surface area contributed by atoms with Crippen molar-refractivity contribution in [3.63, 3.8) is 0 Å². The Bertz CT molecular complexity index is 709. The first-order valence-corrected chi connectivity index (χ1v) is 7.68. The number of hydrogen-bond acceptors (Lipinski definition) is 5. The minimum Gasteiger partial charge on any atom is -0.427 e. The molecule has 0 saturated heterocycles. The fourth-order valence-corrected chi connectivity index (χ4v) is 2.41. The molecule has 2 aromatic rings. The predicted molar refractivity (Wildman–Crippen MR) is 78.5 cm³/mol. The lowest BCUT2D eigenvalue weighted by atomic mass is 10.2. The maximum atomic E-state index is 13.0. The highest BCUT2D eigenvalue weighted by molar-refractivity contribution is 7.11. The average molecular weight is 363 g/mol. The Kier molecular flexibility index (Phi) is 5.71. The van der Waals surface area contributed by atoms with Gasteiger partial charge in [-0.05, 0) is 18.6 Å². The number of rotatable bonds is 7. The van der Waals surface area contributed by atoms with E-state index in [0.29, 0.717) is 11.4 Å². The minimum absolute atomic E-state index is 0.0378. The van der Waals surface area contributed by atoms with Gasteiger partial charge in [0.2, 0.25) is 0 Å².